The molecule has 0 aromatic heterocycles. The zero-order valence-electron chi connectivity index (χ0n) is 3.66. The summed E-state index contributed by atoms with van der Waals surface area (Å²) in [5.41, 5.74) is 0. The van der Waals surface area contributed by atoms with Crippen molar-refractivity contribution in [1.82, 2.24) is 0 Å². The highest BCUT2D eigenvalue weighted by atomic mass is 33.1. The molecule has 1 heterocycles. The van der Waals surface area contributed by atoms with Gasteiger partial charge in [0, 0.05) is 5.75 Å². The van der Waals surface area contributed by atoms with Crippen LogP contribution in [0.1, 0.15) is 0 Å². The second-order valence-electron chi connectivity index (χ2n) is 1.41. The Morgan fingerprint density at radius 2 is 2.57 bits per heavy atom. The van der Waals surface area contributed by atoms with Gasteiger partial charge in [0.1, 0.15) is 0 Å². The van der Waals surface area contributed by atoms with Gasteiger partial charge in [-0.05, 0) is 0 Å². The van der Waals surface area contributed by atoms with Crippen LogP contribution in [0.5, 0.6) is 0 Å². The molecule has 2 atom stereocenters. The molecule has 0 aliphatic carbocycles. The molecule has 7 heavy (non-hydrogen) atoms. The maximum Gasteiger partial charge on any atom is 0.0831 e. The van der Waals surface area contributed by atoms with Crippen LogP contribution in [-0.4, -0.2) is 26.9 Å². The third kappa shape index (κ3) is 1.44. The van der Waals surface area contributed by atoms with Crippen LogP contribution in [0.25, 0.3) is 0 Å². The van der Waals surface area contributed by atoms with Crippen molar-refractivity contribution in [2.24, 2.45) is 0 Å². The second kappa shape index (κ2) is 2.15. The summed E-state index contributed by atoms with van der Waals surface area (Å²) in [5.74, 6) is 1.11. The Morgan fingerprint density at radius 1 is 1.86 bits per heavy atom. The van der Waals surface area contributed by atoms with Crippen LogP contribution in [-0.2, 0) is 9.83 Å². The van der Waals surface area contributed by atoms with Crippen molar-refractivity contribution in [2.75, 3.05) is 11.5 Å². The van der Waals surface area contributed by atoms with Gasteiger partial charge in [-0.15, -0.1) is 0 Å². The third-order valence-corrected chi connectivity index (χ3v) is 3.77. The van der Waals surface area contributed by atoms with E-state index in [9.17, 15) is 4.21 Å². The number of aliphatic hydroxyl groups is 1. The molecule has 0 saturated carbocycles. The monoisotopic (exact) mass is 138 g/mol. The molecule has 1 aliphatic rings. The maximum atomic E-state index is 10.4. The van der Waals surface area contributed by atoms with Crippen LogP contribution >= 0.6 is 10.8 Å². The highest BCUT2D eigenvalue weighted by Crippen LogP contribution is 2.18. The fraction of sp³-hybridized carbons (Fsp3) is 1.00. The van der Waals surface area contributed by atoms with Gasteiger partial charge >= 0.3 is 0 Å². The van der Waals surface area contributed by atoms with Crippen LogP contribution < -0.4 is 0 Å². The summed E-state index contributed by atoms with van der Waals surface area (Å²) in [4.78, 5) is 0. The molecule has 1 aliphatic heterocycles. The van der Waals surface area contributed by atoms with Crippen molar-refractivity contribution in [1.29, 1.82) is 0 Å². The Bertz CT molecular complexity index is 92.9. The van der Waals surface area contributed by atoms with Gasteiger partial charge in [-0.2, -0.15) is 0 Å². The zero-order valence-corrected chi connectivity index (χ0v) is 5.30. The summed E-state index contributed by atoms with van der Waals surface area (Å²) in [6, 6.07) is 0. The largest absolute Gasteiger partial charge is 0.391 e. The van der Waals surface area contributed by atoms with E-state index in [4.69, 9.17) is 5.11 Å². The van der Waals surface area contributed by atoms with E-state index in [1.807, 2.05) is 0 Å². The van der Waals surface area contributed by atoms with Gasteiger partial charge in [-0.25, -0.2) is 4.21 Å². The highest BCUT2D eigenvalue weighted by Gasteiger charge is 2.18. The van der Waals surface area contributed by atoms with Crippen LogP contribution in [0, 0.1) is 0 Å². The summed E-state index contributed by atoms with van der Waals surface area (Å²) >= 11 is 0. The molecule has 2 nitrogen and oxygen atoms in total. The average Bonchev–Trinajstić information content (AvgIpc) is 1.87. The van der Waals surface area contributed by atoms with E-state index in [0.717, 1.165) is 0 Å². The van der Waals surface area contributed by atoms with Crippen molar-refractivity contribution in [3.63, 3.8) is 0 Å². The number of hydrogen-bond donors (Lipinski definition) is 1. The normalized spacial score (nSPS) is 41.9. The predicted octanol–water partition coefficient (Wildman–Crippen LogP) is -0.242. The quantitative estimate of drug-likeness (QED) is 0.469. The van der Waals surface area contributed by atoms with Crippen molar-refractivity contribution in [3.05, 3.63) is 0 Å². The molecule has 0 aromatic rings. The van der Waals surface area contributed by atoms with Crippen molar-refractivity contribution in [3.8, 4) is 0 Å². The minimum absolute atomic E-state index is 0.314. The summed E-state index contributed by atoms with van der Waals surface area (Å²) in [6.45, 7) is 0. The van der Waals surface area contributed by atoms with Crippen molar-refractivity contribution < 1.29 is 9.32 Å². The van der Waals surface area contributed by atoms with Crippen LogP contribution in [0.2, 0.25) is 0 Å². The van der Waals surface area contributed by atoms with Crippen molar-refractivity contribution in [2.45, 2.75) is 6.10 Å². The average molecular weight is 138 g/mol. The van der Waals surface area contributed by atoms with E-state index in [2.05, 4.69) is 0 Å². The van der Waals surface area contributed by atoms with E-state index in [-0.39, 0.29) is 6.10 Å². The lowest BCUT2D eigenvalue weighted by molar-refractivity contribution is 0.226. The van der Waals surface area contributed by atoms with Gasteiger partial charge in [-0.3, -0.25) is 0 Å². The molecule has 1 rings (SSSR count). The van der Waals surface area contributed by atoms with E-state index in [1.165, 1.54) is 10.8 Å². The Kier molecular flexibility index (Phi) is 1.72. The molecule has 1 N–H and O–H groups in total. The van der Waals surface area contributed by atoms with Crippen LogP contribution in [0.4, 0.5) is 0 Å². The van der Waals surface area contributed by atoms with E-state index >= 15 is 0 Å². The minimum Gasteiger partial charge on any atom is -0.391 e. The molecule has 0 aromatic carbocycles. The standard InChI is InChI=1S/C3H6O2S2/c4-3-1-6-7(5)2-3/h3-4H,1-2H2/t3-,7+/m1/s1. The molecule has 1 saturated heterocycles. The summed E-state index contributed by atoms with van der Waals surface area (Å²) < 4.78 is 10.4. The summed E-state index contributed by atoms with van der Waals surface area (Å²) in [6.07, 6.45) is -0.314. The van der Waals surface area contributed by atoms with E-state index < -0.39 is 9.83 Å². The Morgan fingerprint density at radius 3 is 2.71 bits per heavy atom. The topological polar surface area (TPSA) is 37.3 Å². The predicted molar refractivity (Wildman–Crippen MR) is 31.5 cm³/mol. The maximum absolute atomic E-state index is 10.4. The van der Waals surface area contributed by atoms with Gasteiger partial charge in [0.2, 0.25) is 0 Å². The molecule has 0 bridgehead atoms. The van der Waals surface area contributed by atoms with Gasteiger partial charge in [0.25, 0.3) is 0 Å². The lowest BCUT2D eigenvalue weighted by Crippen LogP contribution is -2.07. The number of hydrogen-bond acceptors (Lipinski definition) is 3. The summed E-state index contributed by atoms with van der Waals surface area (Å²) in [5, 5.41) is 8.69. The SMILES string of the molecule is O=[S@@]1C[C@H](O)CS1. The van der Waals surface area contributed by atoms with Gasteiger partial charge in [-0.1, -0.05) is 10.8 Å². The lowest BCUT2D eigenvalue weighted by atomic mass is 10.5. The fourth-order valence-electron chi connectivity index (χ4n) is 0.408. The third-order valence-electron chi connectivity index (χ3n) is 0.720. The first-order chi connectivity index (χ1) is 3.29. The molecule has 0 spiro atoms. The molecular weight excluding hydrogens is 132 g/mol. The van der Waals surface area contributed by atoms with Gasteiger partial charge in [0.05, 0.1) is 21.7 Å². The molecule has 1 fully saturated rings. The van der Waals surface area contributed by atoms with Crippen molar-refractivity contribution >= 4 is 20.6 Å². The molecule has 0 unspecified atom stereocenters. The van der Waals surface area contributed by atoms with Crippen LogP contribution in [0.15, 0.2) is 0 Å². The smallest absolute Gasteiger partial charge is 0.0831 e. The first-order valence-electron chi connectivity index (χ1n) is 1.99. The Labute approximate surface area is 48.2 Å². The zero-order chi connectivity index (χ0) is 5.28. The minimum atomic E-state index is -0.786. The molecule has 0 amide bonds. The number of rotatable bonds is 0. The molecule has 0 radical (unpaired) electrons. The van der Waals surface area contributed by atoms with E-state index in [0.29, 0.717) is 11.5 Å². The summed E-state index contributed by atoms with van der Waals surface area (Å²) in [7, 11) is 0.541. The lowest BCUT2D eigenvalue weighted by Gasteiger charge is -1.88. The first kappa shape index (κ1) is 5.59. The van der Waals surface area contributed by atoms with E-state index in [1.54, 1.807) is 0 Å². The highest BCUT2D eigenvalue weighted by molar-refractivity contribution is 8.69. The Balaban J connectivity index is 2.40. The first-order valence-corrected chi connectivity index (χ1v) is 4.81. The Hall–Kier alpha value is 0.460. The molecular formula is C3H6O2S2. The molecule has 4 heteroatoms. The van der Waals surface area contributed by atoms with Crippen LogP contribution in [0.3, 0.4) is 0 Å². The second-order valence-corrected chi connectivity index (χ2v) is 4.74. The number of aliphatic hydroxyl groups excluding tert-OH is 1. The molecule has 42 valence electrons. The van der Waals surface area contributed by atoms with Gasteiger partial charge < -0.3 is 5.11 Å². The fourth-order valence-corrected chi connectivity index (χ4v) is 3.20. The van der Waals surface area contributed by atoms with Gasteiger partial charge in [0.15, 0.2) is 0 Å².